The molecule has 12 heteroatoms. The van der Waals surface area contributed by atoms with E-state index >= 15 is 0 Å². The minimum Gasteiger partial charge on any atom is -0.351 e. The molecule has 5 heterocycles. The number of rotatable bonds is 7. The van der Waals surface area contributed by atoms with Gasteiger partial charge in [0.25, 0.3) is 5.91 Å². The van der Waals surface area contributed by atoms with E-state index in [2.05, 4.69) is 35.6 Å². The van der Waals surface area contributed by atoms with Crippen LogP contribution in [0.2, 0.25) is 0 Å². The SMILES string of the molecule is O=C(NCCN1CCCCC1)c1cnccc1Nc1nc(-c2cccc(C(F)(F)F)n2)nn2cccc12. The number of carbonyl (C=O) groups excluding carboxylic acids is 1. The highest BCUT2D eigenvalue weighted by Gasteiger charge is 2.32. The van der Waals surface area contributed by atoms with Crippen LogP contribution in [0.3, 0.4) is 0 Å². The van der Waals surface area contributed by atoms with Gasteiger partial charge in [0.2, 0.25) is 5.82 Å². The molecule has 0 aromatic carbocycles. The highest BCUT2D eigenvalue weighted by atomic mass is 19.4. The topological polar surface area (TPSA) is 100 Å². The molecule has 0 unspecified atom stereocenters. The largest absolute Gasteiger partial charge is 0.433 e. The van der Waals surface area contributed by atoms with Gasteiger partial charge in [-0.1, -0.05) is 12.5 Å². The summed E-state index contributed by atoms with van der Waals surface area (Å²) >= 11 is 0. The summed E-state index contributed by atoms with van der Waals surface area (Å²) in [7, 11) is 0. The van der Waals surface area contributed by atoms with Crippen LogP contribution in [0, 0.1) is 0 Å². The number of nitrogens with one attached hydrogen (secondary N) is 2. The van der Waals surface area contributed by atoms with Crippen LogP contribution < -0.4 is 10.6 Å². The molecule has 5 rings (SSSR count). The smallest absolute Gasteiger partial charge is 0.351 e. The highest BCUT2D eigenvalue weighted by molar-refractivity contribution is 6.00. The number of halogens is 3. The number of nitrogens with zero attached hydrogens (tertiary/aromatic N) is 6. The van der Waals surface area contributed by atoms with E-state index in [4.69, 9.17) is 0 Å². The Bertz CT molecular complexity index is 1400. The van der Waals surface area contributed by atoms with Gasteiger partial charge in [0.1, 0.15) is 16.9 Å². The van der Waals surface area contributed by atoms with Crippen molar-refractivity contribution >= 4 is 22.9 Å². The molecule has 192 valence electrons. The Balaban J connectivity index is 1.40. The lowest BCUT2D eigenvalue weighted by Gasteiger charge is -2.26. The first-order valence-electron chi connectivity index (χ1n) is 12.0. The molecule has 1 saturated heterocycles. The zero-order valence-electron chi connectivity index (χ0n) is 19.9. The van der Waals surface area contributed by atoms with Gasteiger partial charge in [-0.15, -0.1) is 5.10 Å². The van der Waals surface area contributed by atoms with Crippen molar-refractivity contribution in [1.29, 1.82) is 0 Å². The minimum atomic E-state index is -4.60. The third kappa shape index (κ3) is 5.69. The first kappa shape index (κ1) is 24.6. The van der Waals surface area contributed by atoms with Gasteiger partial charge in [-0.2, -0.15) is 13.2 Å². The summed E-state index contributed by atoms with van der Waals surface area (Å²) < 4.78 is 41.1. The molecule has 37 heavy (non-hydrogen) atoms. The normalized spacial score (nSPS) is 14.6. The summed E-state index contributed by atoms with van der Waals surface area (Å²) in [6.45, 7) is 3.37. The van der Waals surface area contributed by atoms with Crippen molar-refractivity contribution in [3.63, 3.8) is 0 Å². The van der Waals surface area contributed by atoms with Crippen molar-refractivity contribution in [2.75, 3.05) is 31.5 Å². The first-order chi connectivity index (χ1) is 17.9. The number of hydrogen-bond donors (Lipinski definition) is 2. The highest BCUT2D eigenvalue weighted by Crippen LogP contribution is 2.30. The summed E-state index contributed by atoms with van der Waals surface area (Å²) in [5.74, 6) is 0.0227. The third-order valence-electron chi connectivity index (χ3n) is 6.14. The zero-order valence-corrected chi connectivity index (χ0v) is 19.9. The molecule has 1 aliphatic heterocycles. The average molecular weight is 511 g/mol. The third-order valence-corrected chi connectivity index (χ3v) is 6.14. The Morgan fingerprint density at radius 3 is 2.68 bits per heavy atom. The monoisotopic (exact) mass is 510 g/mol. The molecule has 1 amide bonds. The number of likely N-dealkylation sites (tertiary alicyclic amines) is 1. The molecule has 0 spiro atoms. The van der Waals surface area contributed by atoms with Crippen LogP contribution in [0.15, 0.2) is 55.0 Å². The van der Waals surface area contributed by atoms with Gasteiger partial charge < -0.3 is 15.5 Å². The molecule has 1 fully saturated rings. The van der Waals surface area contributed by atoms with E-state index in [0.29, 0.717) is 29.1 Å². The van der Waals surface area contributed by atoms with Crippen molar-refractivity contribution in [2.45, 2.75) is 25.4 Å². The molecule has 0 radical (unpaired) electrons. The number of pyridine rings is 2. The van der Waals surface area contributed by atoms with Crippen LogP contribution >= 0.6 is 0 Å². The lowest BCUT2D eigenvalue weighted by atomic mass is 10.1. The van der Waals surface area contributed by atoms with E-state index in [1.807, 2.05) is 0 Å². The van der Waals surface area contributed by atoms with Crippen molar-refractivity contribution in [1.82, 2.24) is 34.8 Å². The Kier molecular flexibility index (Phi) is 6.99. The molecule has 2 N–H and O–H groups in total. The fourth-order valence-electron chi connectivity index (χ4n) is 4.27. The summed E-state index contributed by atoms with van der Waals surface area (Å²) in [4.78, 5) is 27.5. The Morgan fingerprint density at radius 1 is 1.03 bits per heavy atom. The second kappa shape index (κ2) is 10.5. The number of alkyl halides is 3. The number of aromatic nitrogens is 5. The van der Waals surface area contributed by atoms with Crippen LogP contribution in [0.4, 0.5) is 24.7 Å². The van der Waals surface area contributed by atoms with Gasteiger partial charge in [-0.25, -0.2) is 14.5 Å². The minimum absolute atomic E-state index is 0.00103. The number of hydrogen-bond acceptors (Lipinski definition) is 7. The predicted molar refractivity (Wildman–Crippen MR) is 131 cm³/mol. The predicted octanol–water partition coefficient (Wildman–Crippen LogP) is 4.16. The van der Waals surface area contributed by atoms with Gasteiger partial charge >= 0.3 is 6.18 Å². The second-order valence-corrected chi connectivity index (χ2v) is 8.73. The molecule has 0 atom stereocenters. The van der Waals surface area contributed by atoms with Gasteiger partial charge in [-0.3, -0.25) is 9.78 Å². The van der Waals surface area contributed by atoms with Crippen LogP contribution in [-0.4, -0.2) is 61.6 Å². The van der Waals surface area contributed by atoms with Crippen LogP contribution in [0.5, 0.6) is 0 Å². The standard InChI is InChI=1S/C25H25F3N8O/c26-25(27,28)21-8-4-6-19(31-21)22-33-23(20-7-5-14-36(20)34-22)32-18-9-10-29-16-17(18)24(37)30-11-15-35-12-2-1-3-13-35/h4-10,14,16H,1-3,11-13,15H2,(H,30,37)(H,29,32,33,34). The number of carbonyl (C=O) groups is 1. The van der Waals surface area contributed by atoms with E-state index in [0.717, 1.165) is 25.7 Å². The maximum absolute atomic E-state index is 13.2. The Labute approximate surface area is 210 Å². The van der Waals surface area contributed by atoms with Crippen molar-refractivity contribution in [2.24, 2.45) is 0 Å². The van der Waals surface area contributed by atoms with Gasteiger partial charge in [0, 0.05) is 31.7 Å². The molecule has 1 aliphatic rings. The summed E-state index contributed by atoms with van der Waals surface area (Å²) in [5.41, 5.74) is 0.287. The second-order valence-electron chi connectivity index (χ2n) is 8.73. The van der Waals surface area contributed by atoms with E-state index in [9.17, 15) is 18.0 Å². The fraction of sp³-hybridized carbons (Fsp3) is 0.320. The molecule has 0 bridgehead atoms. The molecule has 0 aliphatic carbocycles. The van der Waals surface area contributed by atoms with Crippen LogP contribution in [0.25, 0.3) is 17.0 Å². The Morgan fingerprint density at radius 2 is 1.86 bits per heavy atom. The average Bonchev–Trinajstić information content (AvgIpc) is 3.38. The van der Waals surface area contributed by atoms with Gasteiger partial charge in [-0.05, 0) is 56.3 Å². The van der Waals surface area contributed by atoms with E-state index in [-0.39, 0.29) is 17.4 Å². The van der Waals surface area contributed by atoms with Crippen molar-refractivity contribution in [3.05, 3.63) is 66.2 Å². The fourth-order valence-corrected chi connectivity index (χ4v) is 4.27. The number of amides is 1. The molecule has 4 aromatic rings. The maximum atomic E-state index is 13.2. The lowest BCUT2D eigenvalue weighted by molar-refractivity contribution is -0.141. The quantitative estimate of drug-likeness (QED) is 0.385. The van der Waals surface area contributed by atoms with Gasteiger partial charge in [0.05, 0.1) is 11.3 Å². The van der Waals surface area contributed by atoms with E-state index in [1.165, 1.54) is 42.1 Å². The first-order valence-corrected chi connectivity index (χ1v) is 12.0. The van der Waals surface area contributed by atoms with E-state index < -0.39 is 11.9 Å². The van der Waals surface area contributed by atoms with Crippen molar-refractivity contribution < 1.29 is 18.0 Å². The molecule has 4 aromatic heterocycles. The van der Waals surface area contributed by atoms with Crippen molar-refractivity contribution in [3.8, 4) is 11.5 Å². The number of fused-ring (bicyclic) bond motifs is 1. The molecular weight excluding hydrogens is 485 g/mol. The molecule has 9 nitrogen and oxygen atoms in total. The lowest BCUT2D eigenvalue weighted by Crippen LogP contribution is -2.37. The zero-order chi connectivity index (χ0) is 25.8. The summed E-state index contributed by atoms with van der Waals surface area (Å²) in [6.07, 6.45) is 3.66. The summed E-state index contributed by atoms with van der Waals surface area (Å²) in [5, 5.41) is 10.4. The number of piperidine rings is 1. The van der Waals surface area contributed by atoms with Crippen LogP contribution in [-0.2, 0) is 6.18 Å². The maximum Gasteiger partial charge on any atom is 0.433 e. The summed E-state index contributed by atoms with van der Waals surface area (Å²) in [6, 6.07) is 8.70. The van der Waals surface area contributed by atoms with Gasteiger partial charge in [0.15, 0.2) is 5.82 Å². The Hall–Kier alpha value is -4.06. The number of anilines is 2. The van der Waals surface area contributed by atoms with E-state index in [1.54, 1.807) is 30.6 Å². The molecular formula is C25H25F3N8O. The van der Waals surface area contributed by atoms with Crippen LogP contribution in [0.1, 0.15) is 35.3 Å². The molecule has 0 saturated carbocycles.